The van der Waals surface area contributed by atoms with Gasteiger partial charge < -0.3 is 0 Å². The van der Waals surface area contributed by atoms with Gasteiger partial charge in [0.2, 0.25) is 0 Å². The highest BCUT2D eigenvalue weighted by atomic mass is 35.5. The van der Waals surface area contributed by atoms with E-state index in [-0.39, 0.29) is 17.4 Å². The molecule has 0 spiro atoms. The number of thiazole rings is 1. The van der Waals surface area contributed by atoms with Gasteiger partial charge >= 0.3 is 0 Å². The molecule has 0 unspecified atom stereocenters. The lowest BCUT2D eigenvalue weighted by Gasteiger charge is -2.22. The second kappa shape index (κ2) is 5.43. The number of hydrogen-bond donors (Lipinski definition) is 0. The minimum Gasteiger partial charge on any atom is -0.241 e. The first-order valence-electron chi connectivity index (χ1n) is 6.26. The molecule has 1 heterocycles. The number of aromatic nitrogens is 1. The van der Waals surface area contributed by atoms with Crippen molar-refractivity contribution < 1.29 is 8.42 Å². The molecular formula is C13H12Cl2N2O2S2. The molecule has 1 aliphatic carbocycles. The third-order valence-corrected chi connectivity index (χ3v) is 6.91. The first kappa shape index (κ1) is 15.1. The first-order chi connectivity index (χ1) is 9.91. The highest BCUT2D eigenvalue weighted by Crippen LogP contribution is 2.54. The van der Waals surface area contributed by atoms with E-state index in [0.717, 1.165) is 0 Å². The Labute approximate surface area is 137 Å². The maximum atomic E-state index is 12.8. The molecule has 0 bridgehead atoms. The average molecular weight is 363 g/mol. The third kappa shape index (κ3) is 3.04. The fourth-order valence-corrected chi connectivity index (χ4v) is 4.88. The zero-order valence-corrected chi connectivity index (χ0v) is 14.0. The Bertz CT molecular complexity index is 718. The molecule has 0 aliphatic heterocycles. The number of sulfonamides is 1. The first-order valence-corrected chi connectivity index (χ1v) is 9.34. The smallest absolute Gasteiger partial charge is 0.241 e. The number of nitrogens with zero attached hydrogens (tertiary/aromatic N) is 2. The van der Waals surface area contributed by atoms with Crippen molar-refractivity contribution in [1.29, 1.82) is 0 Å². The molecule has 1 aromatic carbocycles. The zero-order chi connectivity index (χ0) is 15.1. The van der Waals surface area contributed by atoms with Crippen molar-refractivity contribution in [2.75, 3.05) is 10.8 Å². The van der Waals surface area contributed by atoms with Crippen LogP contribution in [0.1, 0.15) is 6.42 Å². The molecule has 4 nitrogen and oxygen atoms in total. The second-order valence-corrected chi connectivity index (χ2v) is 9.10. The summed E-state index contributed by atoms with van der Waals surface area (Å²) in [5.74, 6) is -0.0804. The quantitative estimate of drug-likeness (QED) is 0.764. The lowest BCUT2D eigenvalue weighted by Crippen LogP contribution is -2.33. The van der Waals surface area contributed by atoms with Gasteiger partial charge in [0, 0.05) is 24.0 Å². The van der Waals surface area contributed by atoms with Gasteiger partial charge in [-0.05, 0) is 18.6 Å². The van der Waals surface area contributed by atoms with Crippen LogP contribution < -0.4 is 4.31 Å². The van der Waals surface area contributed by atoms with Crippen LogP contribution in [0, 0.1) is 5.92 Å². The van der Waals surface area contributed by atoms with Crippen LogP contribution in [-0.2, 0) is 10.0 Å². The molecule has 2 aromatic rings. The minimum absolute atomic E-state index is 0.0804. The van der Waals surface area contributed by atoms with Crippen molar-refractivity contribution in [2.45, 2.75) is 15.6 Å². The van der Waals surface area contributed by atoms with Crippen LogP contribution in [0.3, 0.4) is 0 Å². The van der Waals surface area contributed by atoms with Crippen LogP contribution in [0.5, 0.6) is 0 Å². The average Bonchev–Trinajstić information content (AvgIpc) is 2.87. The van der Waals surface area contributed by atoms with E-state index in [1.54, 1.807) is 41.9 Å². The van der Waals surface area contributed by atoms with Crippen LogP contribution in [0.25, 0.3) is 0 Å². The highest BCUT2D eigenvalue weighted by molar-refractivity contribution is 7.93. The molecule has 1 aliphatic rings. The Morgan fingerprint density at radius 3 is 2.52 bits per heavy atom. The van der Waals surface area contributed by atoms with E-state index < -0.39 is 14.4 Å². The molecule has 0 amide bonds. The number of anilines is 1. The number of rotatable bonds is 5. The summed E-state index contributed by atoms with van der Waals surface area (Å²) in [6.45, 7) is 0.234. The predicted molar refractivity (Wildman–Crippen MR) is 85.6 cm³/mol. The molecule has 112 valence electrons. The van der Waals surface area contributed by atoms with Gasteiger partial charge in [0.05, 0.1) is 4.90 Å². The molecule has 1 fully saturated rings. The van der Waals surface area contributed by atoms with Gasteiger partial charge in [-0.1, -0.05) is 18.2 Å². The van der Waals surface area contributed by atoms with Gasteiger partial charge in [-0.3, -0.25) is 0 Å². The number of halogens is 2. The van der Waals surface area contributed by atoms with Crippen molar-refractivity contribution in [2.24, 2.45) is 5.92 Å². The molecule has 1 atom stereocenters. The van der Waals surface area contributed by atoms with Gasteiger partial charge in [0.25, 0.3) is 10.0 Å². The minimum atomic E-state index is -3.67. The fraction of sp³-hybridized carbons (Fsp3) is 0.308. The lowest BCUT2D eigenvalue weighted by atomic mass is 10.4. The summed E-state index contributed by atoms with van der Waals surface area (Å²) >= 11 is 13.3. The summed E-state index contributed by atoms with van der Waals surface area (Å²) in [7, 11) is -3.67. The van der Waals surface area contributed by atoms with E-state index in [2.05, 4.69) is 4.98 Å². The molecular weight excluding hydrogens is 351 g/mol. The van der Waals surface area contributed by atoms with Crippen molar-refractivity contribution in [3.05, 3.63) is 41.9 Å². The normalized spacial score (nSPS) is 20.2. The summed E-state index contributed by atoms with van der Waals surface area (Å²) in [6.07, 6.45) is 2.16. The summed E-state index contributed by atoms with van der Waals surface area (Å²) in [4.78, 5) is 4.35. The van der Waals surface area contributed by atoms with Crippen LogP contribution in [0.15, 0.2) is 46.8 Å². The van der Waals surface area contributed by atoms with Crippen LogP contribution >= 0.6 is 34.5 Å². The van der Waals surface area contributed by atoms with Crippen LogP contribution in [0.2, 0.25) is 0 Å². The Morgan fingerprint density at radius 2 is 2.00 bits per heavy atom. The highest BCUT2D eigenvalue weighted by Gasteiger charge is 2.53. The Balaban J connectivity index is 1.96. The molecule has 0 radical (unpaired) electrons. The van der Waals surface area contributed by atoms with E-state index in [9.17, 15) is 8.42 Å². The van der Waals surface area contributed by atoms with Crippen molar-refractivity contribution in [3.8, 4) is 0 Å². The molecule has 1 aromatic heterocycles. The Hall–Kier alpha value is -0.820. The van der Waals surface area contributed by atoms with Gasteiger partial charge in [-0.25, -0.2) is 17.7 Å². The van der Waals surface area contributed by atoms with E-state index in [0.29, 0.717) is 11.6 Å². The summed E-state index contributed by atoms with van der Waals surface area (Å²) in [5.41, 5.74) is 0. The monoisotopic (exact) mass is 362 g/mol. The van der Waals surface area contributed by atoms with Crippen molar-refractivity contribution in [3.63, 3.8) is 0 Å². The summed E-state index contributed by atoms with van der Waals surface area (Å²) in [6, 6.07) is 8.29. The van der Waals surface area contributed by atoms with Crippen molar-refractivity contribution >= 4 is 49.7 Å². The molecule has 1 saturated carbocycles. The number of alkyl halides is 2. The number of hydrogen-bond acceptors (Lipinski definition) is 4. The van der Waals surface area contributed by atoms with Gasteiger partial charge in [0.15, 0.2) is 5.13 Å². The molecule has 0 saturated heterocycles. The third-order valence-electron chi connectivity index (χ3n) is 3.31. The Kier molecular flexibility index (Phi) is 3.90. The van der Waals surface area contributed by atoms with Crippen LogP contribution in [0.4, 0.5) is 5.13 Å². The Morgan fingerprint density at radius 1 is 1.33 bits per heavy atom. The molecule has 3 rings (SSSR count). The second-order valence-electron chi connectivity index (χ2n) is 4.83. The summed E-state index contributed by atoms with van der Waals surface area (Å²) in [5, 5.41) is 2.17. The molecule has 21 heavy (non-hydrogen) atoms. The SMILES string of the molecule is O=S(=O)(c1ccccc1)N(C[C@@H]1CC1(Cl)Cl)c1nccs1. The number of benzene rings is 1. The van der Waals surface area contributed by atoms with E-state index in [1.807, 2.05) is 0 Å². The zero-order valence-electron chi connectivity index (χ0n) is 10.8. The molecule has 0 N–H and O–H groups in total. The van der Waals surface area contributed by atoms with Gasteiger partial charge in [0.1, 0.15) is 4.33 Å². The maximum absolute atomic E-state index is 12.8. The van der Waals surface area contributed by atoms with E-state index in [1.165, 1.54) is 15.6 Å². The topological polar surface area (TPSA) is 50.3 Å². The standard InChI is InChI=1S/C13H12Cl2N2O2S2/c14-13(15)8-10(13)9-17(12-16-6-7-20-12)21(18,19)11-4-2-1-3-5-11/h1-7,10H,8-9H2/t10-/m0/s1. The predicted octanol–water partition coefficient (Wildman–Crippen LogP) is 3.53. The summed E-state index contributed by atoms with van der Waals surface area (Å²) < 4.78 is 26.1. The van der Waals surface area contributed by atoms with E-state index in [4.69, 9.17) is 23.2 Å². The van der Waals surface area contributed by atoms with Gasteiger partial charge in [-0.2, -0.15) is 0 Å². The largest absolute Gasteiger partial charge is 0.266 e. The maximum Gasteiger partial charge on any atom is 0.266 e. The fourth-order valence-electron chi connectivity index (χ4n) is 2.01. The van der Waals surface area contributed by atoms with Gasteiger partial charge in [-0.15, -0.1) is 34.5 Å². The lowest BCUT2D eigenvalue weighted by molar-refractivity contribution is 0.588. The molecule has 8 heteroatoms. The van der Waals surface area contributed by atoms with E-state index >= 15 is 0 Å². The van der Waals surface area contributed by atoms with Crippen molar-refractivity contribution in [1.82, 2.24) is 4.98 Å². The van der Waals surface area contributed by atoms with Crippen LogP contribution in [-0.4, -0.2) is 24.3 Å².